The summed E-state index contributed by atoms with van der Waals surface area (Å²) in [5.74, 6) is -2.57. The minimum absolute atomic E-state index is 0.0114. The second-order valence-electron chi connectivity index (χ2n) is 3.24. The summed E-state index contributed by atoms with van der Waals surface area (Å²) in [6.45, 7) is 5.01. The minimum Gasteiger partial charge on any atom is -0.475 e. The maximum Gasteiger partial charge on any atom is 0.377 e. The zero-order chi connectivity index (χ0) is 14.8. The van der Waals surface area contributed by atoms with Crippen molar-refractivity contribution in [2.45, 2.75) is 13.5 Å². The lowest BCUT2D eigenvalue weighted by molar-refractivity contribution is -0.763. The molecule has 0 unspecified atom stereocenters. The van der Waals surface area contributed by atoms with E-state index in [2.05, 4.69) is 11.4 Å². The lowest BCUT2D eigenvalue weighted by atomic mass is 10.1. The number of Topliss-reactive ketones (excluding diaryl/α,β-unsaturated/α-hetero) is 1. The van der Waals surface area contributed by atoms with Gasteiger partial charge in [-0.1, -0.05) is 30.3 Å². The molecular formula is C12H13NO6. The Kier molecular flexibility index (Phi) is 7.21. The van der Waals surface area contributed by atoms with Crippen LogP contribution in [0.1, 0.15) is 22.8 Å². The number of aliphatic carboxylic acids is 1. The first kappa shape index (κ1) is 16.3. The average molecular weight is 267 g/mol. The molecular weight excluding hydrogens is 254 g/mol. The molecule has 0 amide bonds. The molecule has 1 aromatic carbocycles. The zero-order valence-electron chi connectivity index (χ0n) is 10.2. The van der Waals surface area contributed by atoms with Crippen LogP contribution in [-0.2, 0) is 16.2 Å². The molecule has 0 heterocycles. The standard InChI is InChI=1S/C9H7NO6.C3H6/c11-8(9(12)13)7-3-1-6(2-4-7)5-16-10(14)15;1-3-2/h1-4H,5H2,(H,12,13);3H,1H2,2H3. The number of carboxylic acid groups (broad SMARTS) is 1. The molecule has 0 atom stereocenters. The van der Waals surface area contributed by atoms with Gasteiger partial charge in [-0.25, -0.2) is 4.79 Å². The average Bonchev–Trinajstić information content (AvgIpc) is 2.37. The van der Waals surface area contributed by atoms with Gasteiger partial charge in [0.15, 0.2) is 0 Å². The zero-order valence-corrected chi connectivity index (χ0v) is 10.2. The predicted molar refractivity (Wildman–Crippen MR) is 66.1 cm³/mol. The topological polar surface area (TPSA) is 107 Å². The van der Waals surface area contributed by atoms with E-state index in [1.807, 2.05) is 6.92 Å². The predicted octanol–water partition coefficient (Wildman–Crippen LogP) is 1.85. The molecule has 0 aliphatic heterocycles. The summed E-state index contributed by atoms with van der Waals surface area (Å²) in [6, 6.07) is 5.32. The van der Waals surface area contributed by atoms with Gasteiger partial charge in [0.25, 0.3) is 10.9 Å². The fourth-order valence-corrected chi connectivity index (χ4v) is 1.00. The van der Waals surface area contributed by atoms with Crippen LogP contribution in [0.15, 0.2) is 36.9 Å². The van der Waals surface area contributed by atoms with Crippen molar-refractivity contribution in [3.8, 4) is 0 Å². The smallest absolute Gasteiger partial charge is 0.377 e. The Morgan fingerprint density at radius 3 is 2.26 bits per heavy atom. The number of allylic oxidation sites excluding steroid dienone is 1. The van der Waals surface area contributed by atoms with E-state index >= 15 is 0 Å². The van der Waals surface area contributed by atoms with E-state index in [9.17, 15) is 19.7 Å². The van der Waals surface area contributed by atoms with E-state index in [1.54, 1.807) is 6.08 Å². The van der Waals surface area contributed by atoms with Gasteiger partial charge in [0, 0.05) is 5.56 Å². The van der Waals surface area contributed by atoms with Gasteiger partial charge < -0.3 is 9.94 Å². The minimum atomic E-state index is -1.55. The Bertz CT molecular complexity index is 466. The molecule has 0 radical (unpaired) electrons. The fourth-order valence-electron chi connectivity index (χ4n) is 1.00. The van der Waals surface area contributed by atoms with E-state index < -0.39 is 16.8 Å². The largest absolute Gasteiger partial charge is 0.475 e. The molecule has 0 spiro atoms. The Balaban J connectivity index is 0.000000982. The van der Waals surface area contributed by atoms with E-state index in [-0.39, 0.29) is 12.2 Å². The van der Waals surface area contributed by atoms with Gasteiger partial charge >= 0.3 is 5.97 Å². The highest BCUT2D eigenvalue weighted by Crippen LogP contribution is 2.06. The van der Waals surface area contributed by atoms with Crippen LogP contribution in [0.2, 0.25) is 0 Å². The third-order valence-electron chi connectivity index (χ3n) is 1.75. The molecule has 7 nitrogen and oxygen atoms in total. The summed E-state index contributed by atoms with van der Waals surface area (Å²) < 4.78 is 0. The van der Waals surface area contributed by atoms with Crippen molar-refractivity contribution in [2.24, 2.45) is 0 Å². The summed E-state index contributed by atoms with van der Waals surface area (Å²) in [7, 11) is 0. The normalized spacial score (nSPS) is 8.68. The van der Waals surface area contributed by atoms with E-state index in [1.165, 1.54) is 24.3 Å². The van der Waals surface area contributed by atoms with Crippen LogP contribution in [0, 0.1) is 10.1 Å². The Morgan fingerprint density at radius 1 is 1.42 bits per heavy atom. The van der Waals surface area contributed by atoms with Crippen LogP contribution in [0.3, 0.4) is 0 Å². The van der Waals surface area contributed by atoms with Crippen LogP contribution < -0.4 is 0 Å². The Hall–Kier alpha value is -2.70. The van der Waals surface area contributed by atoms with Crippen LogP contribution in [-0.4, -0.2) is 21.9 Å². The lowest BCUT2D eigenvalue weighted by Crippen LogP contribution is -2.12. The number of hydrogen-bond donors (Lipinski definition) is 1. The molecule has 1 rings (SSSR count). The van der Waals surface area contributed by atoms with Crippen LogP contribution >= 0.6 is 0 Å². The number of carbonyl (C=O) groups is 2. The highest BCUT2D eigenvalue weighted by atomic mass is 16.9. The van der Waals surface area contributed by atoms with Crippen molar-refractivity contribution in [2.75, 3.05) is 0 Å². The maximum atomic E-state index is 11.0. The monoisotopic (exact) mass is 267 g/mol. The van der Waals surface area contributed by atoms with Crippen molar-refractivity contribution in [3.63, 3.8) is 0 Å². The first-order valence-electron chi connectivity index (χ1n) is 5.13. The van der Waals surface area contributed by atoms with E-state index in [0.29, 0.717) is 5.56 Å². The highest BCUT2D eigenvalue weighted by Gasteiger charge is 2.13. The summed E-state index contributed by atoms with van der Waals surface area (Å²) in [6.07, 6.45) is 1.75. The molecule has 0 fully saturated rings. The number of rotatable bonds is 5. The quantitative estimate of drug-likeness (QED) is 0.287. The number of carboxylic acids is 1. The molecule has 0 saturated carbocycles. The molecule has 1 N–H and O–H groups in total. The van der Waals surface area contributed by atoms with Gasteiger partial charge in [-0.05, 0) is 12.5 Å². The fraction of sp³-hybridized carbons (Fsp3) is 0.167. The summed E-state index contributed by atoms with van der Waals surface area (Å²) in [5, 5.41) is 17.4. The third-order valence-corrected chi connectivity index (χ3v) is 1.75. The summed E-state index contributed by atoms with van der Waals surface area (Å²) in [4.78, 5) is 35.3. The van der Waals surface area contributed by atoms with Gasteiger partial charge in [-0.3, -0.25) is 4.79 Å². The highest BCUT2D eigenvalue weighted by molar-refractivity contribution is 6.39. The molecule has 19 heavy (non-hydrogen) atoms. The molecule has 0 aliphatic carbocycles. The van der Waals surface area contributed by atoms with Crippen LogP contribution in [0.4, 0.5) is 0 Å². The second kappa shape index (κ2) is 8.40. The number of hydrogen-bond acceptors (Lipinski definition) is 5. The number of ketones is 1. The second-order valence-corrected chi connectivity index (χ2v) is 3.24. The molecule has 1 aromatic rings. The van der Waals surface area contributed by atoms with Crippen LogP contribution in [0.25, 0.3) is 0 Å². The first-order valence-corrected chi connectivity index (χ1v) is 5.13. The molecule has 7 heteroatoms. The Morgan fingerprint density at radius 2 is 1.89 bits per heavy atom. The third kappa shape index (κ3) is 6.57. The summed E-state index contributed by atoms with van der Waals surface area (Å²) in [5.41, 5.74) is 0.482. The van der Waals surface area contributed by atoms with Crippen molar-refractivity contribution < 1.29 is 24.6 Å². The molecule has 0 saturated heterocycles. The van der Waals surface area contributed by atoms with Crippen molar-refractivity contribution in [1.29, 1.82) is 0 Å². The van der Waals surface area contributed by atoms with Gasteiger partial charge in [0.2, 0.25) is 0 Å². The first-order chi connectivity index (χ1) is 8.92. The summed E-state index contributed by atoms with van der Waals surface area (Å²) >= 11 is 0. The molecule has 0 bridgehead atoms. The van der Waals surface area contributed by atoms with Crippen molar-refractivity contribution >= 4 is 11.8 Å². The van der Waals surface area contributed by atoms with Crippen molar-refractivity contribution in [3.05, 3.63) is 58.2 Å². The lowest BCUT2D eigenvalue weighted by Gasteiger charge is -2.00. The Labute approximate surface area is 109 Å². The number of nitrogens with zero attached hydrogens (tertiary/aromatic N) is 1. The SMILES string of the molecule is C=CC.O=C(O)C(=O)c1ccc(CO[N+](=O)[O-])cc1. The van der Waals surface area contributed by atoms with Gasteiger partial charge in [-0.2, -0.15) is 0 Å². The van der Waals surface area contributed by atoms with Gasteiger partial charge in [0.1, 0.15) is 6.61 Å². The van der Waals surface area contributed by atoms with E-state index in [4.69, 9.17) is 5.11 Å². The van der Waals surface area contributed by atoms with Gasteiger partial charge in [-0.15, -0.1) is 16.7 Å². The van der Waals surface area contributed by atoms with Gasteiger partial charge in [0.05, 0.1) is 0 Å². The number of benzene rings is 1. The molecule has 102 valence electrons. The van der Waals surface area contributed by atoms with Crippen molar-refractivity contribution in [1.82, 2.24) is 0 Å². The van der Waals surface area contributed by atoms with E-state index in [0.717, 1.165) is 0 Å². The van der Waals surface area contributed by atoms with Crippen LogP contribution in [0.5, 0.6) is 0 Å². The number of carbonyl (C=O) groups excluding carboxylic acids is 1. The molecule has 0 aliphatic rings. The maximum absolute atomic E-state index is 11.0. The molecule has 0 aromatic heterocycles.